The number of halogens is 1. The van der Waals surface area contributed by atoms with E-state index in [2.05, 4.69) is 4.90 Å². The van der Waals surface area contributed by atoms with Gasteiger partial charge in [0.05, 0.1) is 16.2 Å². The monoisotopic (exact) mass is 357 g/mol. The van der Waals surface area contributed by atoms with E-state index in [9.17, 15) is 19.3 Å². The van der Waals surface area contributed by atoms with Crippen molar-refractivity contribution in [3.8, 4) is 0 Å². The molecule has 1 amide bonds. The lowest BCUT2D eigenvalue weighted by Gasteiger charge is -2.24. The van der Waals surface area contributed by atoms with Gasteiger partial charge in [0.25, 0.3) is 11.6 Å². The highest BCUT2D eigenvalue weighted by Crippen LogP contribution is 2.29. The number of anilines is 1. The molecule has 1 aliphatic heterocycles. The molecule has 0 atom stereocenters. The zero-order chi connectivity index (χ0) is 18.7. The van der Waals surface area contributed by atoms with Crippen LogP contribution in [0.15, 0.2) is 42.5 Å². The summed E-state index contributed by atoms with van der Waals surface area (Å²) in [4.78, 5) is 27.0. The van der Waals surface area contributed by atoms with Crippen molar-refractivity contribution in [3.05, 3.63) is 69.5 Å². The van der Waals surface area contributed by atoms with Gasteiger partial charge >= 0.3 is 0 Å². The fraction of sp³-hybridized carbons (Fsp3) is 0.316. The van der Waals surface area contributed by atoms with Crippen molar-refractivity contribution >= 4 is 17.3 Å². The molecular weight excluding hydrogens is 337 g/mol. The van der Waals surface area contributed by atoms with Gasteiger partial charge in [-0.15, -0.1) is 0 Å². The highest BCUT2D eigenvalue weighted by Gasteiger charge is 2.24. The van der Waals surface area contributed by atoms with Gasteiger partial charge in [-0.25, -0.2) is 4.39 Å². The second kappa shape index (κ2) is 7.51. The maximum Gasteiger partial charge on any atom is 0.270 e. The van der Waals surface area contributed by atoms with Crippen LogP contribution in [0.1, 0.15) is 28.8 Å². The van der Waals surface area contributed by atoms with E-state index in [0.29, 0.717) is 11.3 Å². The van der Waals surface area contributed by atoms with Gasteiger partial charge in [0.1, 0.15) is 5.82 Å². The van der Waals surface area contributed by atoms with Crippen LogP contribution < -0.4 is 4.90 Å². The molecule has 0 spiro atoms. The Morgan fingerprint density at radius 2 is 1.92 bits per heavy atom. The fourth-order valence-electron chi connectivity index (χ4n) is 3.20. The number of hydrogen-bond donors (Lipinski definition) is 0. The van der Waals surface area contributed by atoms with E-state index in [1.165, 1.54) is 23.1 Å². The first-order valence-electron chi connectivity index (χ1n) is 8.49. The molecule has 6 nitrogen and oxygen atoms in total. The van der Waals surface area contributed by atoms with Crippen LogP contribution >= 0.6 is 0 Å². The predicted octanol–water partition coefficient (Wildman–Crippen LogP) is 3.61. The average molecular weight is 357 g/mol. The second-order valence-electron chi connectivity index (χ2n) is 6.41. The number of carbonyl (C=O) groups is 1. The van der Waals surface area contributed by atoms with E-state index in [-0.39, 0.29) is 29.5 Å². The third kappa shape index (κ3) is 3.66. The summed E-state index contributed by atoms with van der Waals surface area (Å²) in [6.07, 6.45) is 2.05. The molecule has 1 heterocycles. The van der Waals surface area contributed by atoms with Crippen molar-refractivity contribution in [1.29, 1.82) is 0 Å². The molecule has 7 heteroatoms. The molecule has 0 aromatic heterocycles. The van der Waals surface area contributed by atoms with Crippen LogP contribution in [0.5, 0.6) is 0 Å². The van der Waals surface area contributed by atoms with Gasteiger partial charge in [-0.1, -0.05) is 18.2 Å². The molecule has 1 saturated heterocycles. The van der Waals surface area contributed by atoms with Gasteiger partial charge in [-0.05, 0) is 25.0 Å². The fourth-order valence-corrected chi connectivity index (χ4v) is 3.20. The Kier molecular flexibility index (Phi) is 5.16. The van der Waals surface area contributed by atoms with E-state index in [1.54, 1.807) is 31.3 Å². The molecule has 2 aromatic rings. The third-order valence-corrected chi connectivity index (χ3v) is 4.58. The summed E-state index contributed by atoms with van der Waals surface area (Å²) < 4.78 is 13.9. The van der Waals surface area contributed by atoms with Crippen molar-refractivity contribution < 1.29 is 14.1 Å². The van der Waals surface area contributed by atoms with Crippen LogP contribution in [0, 0.1) is 15.9 Å². The molecule has 1 aliphatic rings. The Morgan fingerprint density at radius 3 is 2.58 bits per heavy atom. The topological polar surface area (TPSA) is 66.7 Å². The van der Waals surface area contributed by atoms with Gasteiger partial charge in [-0.2, -0.15) is 0 Å². The second-order valence-corrected chi connectivity index (χ2v) is 6.41. The maximum absolute atomic E-state index is 13.9. The number of carbonyl (C=O) groups excluding carboxylic acids is 1. The van der Waals surface area contributed by atoms with Crippen LogP contribution in [-0.2, 0) is 6.54 Å². The third-order valence-electron chi connectivity index (χ3n) is 4.58. The normalized spacial score (nSPS) is 13.7. The smallest absolute Gasteiger partial charge is 0.270 e. The SMILES string of the molecule is CN(Cc1ccccc1F)C(=O)c1cc([N+](=O)[O-])ccc1N1CCCC1. The number of benzene rings is 2. The van der Waals surface area contributed by atoms with Gasteiger partial charge in [-0.3, -0.25) is 14.9 Å². The molecule has 0 aliphatic carbocycles. The zero-order valence-electron chi connectivity index (χ0n) is 14.5. The number of nitro groups is 1. The van der Waals surface area contributed by atoms with Gasteiger partial charge in [0.15, 0.2) is 0 Å². The molecule has 26 heavy (non-hydrogen) atoms. The Morgan fingerprint density at radius 1 is 1.23 bits per heavy atom. The van der Waals surface area contributed by atoms with Crippen molar-refractivity contribution in [1.82, 2.24) is 4.90 Å². The Hall–Kier alpha value is -2.96. The summed E-state index contributed by atoms with van der Waals surface area (Å²) in [6.45, 7) is 1.72. The number of nitro benzene ring substituents is 1. The number of rotatable bonds is 5. The average Bonchev–Trinajstić information content (AvgIpc) is 3.17. The van der Waals surface area contributed by atoms with Crippen molar-refractivity contribution in [3.63, 3.8) is 0 Å². The molecule has 0 bridgehead atoms. The lowest BCUT2D eigenvalue weighted by molar-refractivity contribution is -0.384. The number of amides is 1. The molecule has 0 saturated carbocycles. The number of non-ortho nitro benzene ring substituents is 1. The lowest BCUT2D eigenvalue weighted by atomic mass is 10.1. The largest absolute Gasteiger partial charge is 0.371 e. The van der Waals surface area contributed by atoms with E-state index in [1.807, 2.05) is 0 Å². The van der Waals surface area contributed by atoms with Crippen molar-refractivity contribution in [2.24, 2.45) is 0 Å². The highest BCUT2D eigenvalue weighted by atomic mass is 19.1. The Balaban J connectivity index is 1.92. The standard InChI is InChI=1S/C19H20FN3O3/c1-21(13-14-6-2-3-7-17(14)20)19(24)16-12-15(23(25)26)8-9-18(16)22-10-4-5-11-22/h2-3,6-9,12H,4-5,10-11,13H2,1H3. The molecule has 3 rings (SSSR count). The van der Waals surface area contributed by atoms with Crippen LogP contribution in [-0.4, -0.2) is 35.9 Å². The summed E-state index contributed by atoms with van der Waals surface area (Å²) >= 11 is 0. The van der Waals surface area contributed by atoms with Gasteiger partial charge < -0.3 is 9.80 Å². The van der Waals surface area contributed by atoms with E-state index in [0.717, 1.165) is 25.9 Å². The molecule has 0 radical (unpaired) electrons. The van der Waals surface area contributed by atoms with Crippen LogP contribution in [0.4, 0.5) is 15.8 Å². The summed E-state index contributed by atoms with van der Waals surface area (Å²) in [5, 5.41) is 11.1. The first-order valence-corrected chi connectivity index (χ1v) is 8.49. The zero-order valence-corrected chi connectivity index (χ0v) is 14.5. The maximum atomic E-state index is 13.9. The Labute approximate surface area is 151 Å². The number of hydrogen-bond acceptors (Lipinski definition) is 4. The molecule has 2 aromatic carbocycles. The minimum Gasteiger partial charge on any atom is -0.371 e. The summed E-state index contributed by atoms with van der Waals surface area (Å²) in [5.41, 5.74) is 1.24. The molecular formula is C19H20FN3O3. The Bertz CT molecular complexity index is 835. The van der Waals surface area contributed by atoms with Gasteiger partial charge in [0.2, 0.25) is 0 Å². The molecule has 1 fully saturated rings. The number of nitrogens with zero attached hydrogens (tertiary/aromatic N) is 3. The first-order chi connectivity index (χ1) is 12.5. The van der Waals surface area contributed by atoms with Crippen LogP contribution in [0.25, 0.3) is 0 Å². The van der Waals surface area contributed by atoms with Crippen LogP contribution in [0.3, 0.4) is 0 Å². The summed E-state index contributed by atoms with van der Waals surface area (Å²) in [6, 6.07) is 10.6. The summed E-state index contributed by atoms with van der Waals surface area (Å²) in [7, 11) is 1.57. The van der Waals surface area contributed by atoms with Crippen molar-refractivity contribution in [2.75, 3.05) is 25.0 Å². The molecule has 136 valence electrons. The predicted molar refractivity (Wildman–Crippen MR) is 96.7 cm³/mol. The van der Waals surface area contributed by atoms with E-state index < -0.39 is 4.92 Å². The van der Waals surface area contributed by atoms with Gasteiger partial charge in [0, 0.05) is 44.4 Å². The molecule has 0 N–H and O–H groups in total. The van der Waals surface area contributed by atoms with E-state index in [4.69, 9.17) is 0 Å². The first kappa shape index (κ1) is 17.8. The molecule has 0 unspecified atom stereocenters. The van der Waals surface area contributed by atoms with E-state index >= 15 is 0 Å². The van der Waals surface area contributed by atoms with Crippen LogP contribution in [0.2, 0.25) is 0 Å². The lowest BCUT2D eigenvalue weighted by Crippen LogP contribution is -2.29. The highest BCUT2D eigenvalue weighted by molar-refractivity contribution is 6.00. The summed E-state index contributed by atoms with van der Waals surface area (Å²) in [5.74, 6) is -0.746. The minimum atomic E-state index is -0.512. The quantitative estimate of drug-likeness (QED) is 0.606. The van der Waals surface area contributed by atoms with Crippen molar-refractivity contribution in [2.45, 2.75) is 19.4 Å². The minimum absolute atomic E-state index is 0.0909.